The van der Waals surface area contributed by atoms with Gasteiger partial charge in [-0.25, -0.2) is 0 Å². The normalized spacial score (nSPS) is 21.1. The second-order valence-electron chi connectivity index (χ2n) is 7.27. The molecule has 3 heterocycles. The molecule has 1 aromatic heterocycles. The lowest BCUT2D eigenvalue weighted by molar-refractivity contribution is -0.123. The lowest BCUT2D eigenvalue weighted by atomic mass is 10.1. The van der Waals surface area contributed by atoms with Crippen molar-refractivity contribution in [3.8, 4) is 0 Å². The van der Waals surface area contributed by atoms with Crippen LogP contribution in [0.15, 0.2) is 29.3 Å². The van der Waals surface area contributed by atoms with E-state index in [0.29, 0.717) is 15.8 Å². The molecule has 2 saturated heterocycles. The highest BCUT2D eigenvalue weighted by atomic mass is 32.2. The molecule has 29 heavy (non-hydrogen) atoms. The van der Waals surface area contributed by atoms with Gasteiger partial charge >= 0.3 is 0 Å². The van der Waals surface area contributed by atoms with Crippen LogP contribution in [0.5, 0.6) is 0 Å². The number of nitrogens with zero attached hydrogens (tertiary/aromatic N) is 2. The number of hydrogen-bond acceptors (Lipinski definition) is 5. The number of para-hydroxylation sites is 1. The molecule has 0 radical (unpaired) electrons. The number of carbonyl (C=O) groups excluding carboxylic acids is 2. The van der Waals surface area contributed by atoms with Crippen molar-refractivity contribution in [2.75, 3.05) is 13.2 Å². The molecule has 2 fully saturated rings. The molecule has 0 unspecified atom stereocenters. The molecule has 4 rings (SSSR count). The number of hydrogen-bond donors (Lipinski definition) is 1. The smallest absolute Gasteiger partial charge is 0.266 e. The van der Waals surface area contributed by atoms with Crippen LogP contribution in [0.25, 0.3) is 17.0 Å². The Balaban J connectivity index is 1.69. The fraction of sp³-hybridized carbons (Fsp3) is 0.381. The Morgan fingerprint density at radius 2 is 2.28 bits per heavy atom. The maximum Gasteiger partial charge on any atom is 0.266 e. The number of thioether (sulfide) groups is 1. The predicted molar refractivity (Wildman–Crippen MR) is 119 cm³/mol. The van der Waals surface area contributed by atoms with Crippen molar-refractivity contribution in [1.82, 2.24) is 9.47 Å². The van der Waals surface area contributed by atoms with Gasteiger partial charge in [0.05, 0.1) is 23.1 Å². The quantitative estimate of drug-likeness (QED) is 0.564. The molecule has 2 aliphatic rings. The van der Waals surface area contributed by atoms with E-state index in [4.69, 9.17) is 22.7 Å². The van der Waals surface area contributed by atoms with E-state index in [9.17, 15) is 9.59 Å². The van der Waals surface area contributed by atoms with Crippen LogP contribution in [0.4, 0.5) is 0 Å². The Labute approximate surface area is 179 Å². The fourth-order valence-corrected chi connectivity index (χ4v) is 5.21. The van der Waals surface area contributed by atoms with Gasteiger partial charge in [-0.3, -0.25) is 14.5 Å². The summed E-state index contributed by atoms with van der Waals surface area (Å²) in [6.45, 7) is 3.42. The predicted octanol–water partition coefficient (Wildman–Crippen LogP) is 3.07. The molecule has 0 aliphatic carbocycles. The van der Waals surface area contributed by atoms with Crippen LogP contribution in [0.2, 0.25) is 0 Å². The van der Waals surface area contributed by atoms with Gasteiger partial charge in [-0.15, -0.1) is 0 Å². The first kappa shape index (κ1) is 20.1. The number of rotatable bonds is 6. The highest BCUT2D eigenvalue weighted by molar-refractivity contribution is 8.26. The first-order chi connectivity index (χ1) is 14.0. The second kappa shape index (κ2) is 8.30. The van der Waals surface area contributed by atoms with Crippen LogP contribution in [-0.2, 0) is 27.3 Å². The lowest BCUT2D eigenvalue weighted by Gasteiger charge is -2.18. The Morgan fingerprint density at radius 3 is 2.97 bits per heavy atom. The summed E-state index contributed by atoms with van der Waals surface area (Å²) in [4.78, 5) is 26.8. The van der Waals surface area contributed by atoms with Crippen molar-refractivity contribution < 1.29 is 14.3 Å². The number of thiocarbonyl (C=S) groups is 1. The van der Waals surface area contributed by atoms with Crippen LogP contribution in [0.3, 0.4) is 0 Å². The zero-order valence-corrected chi connectivity index (χ0v) is 17.9. The zero-order valence-electron chi connectivity index (χ0n) is 16.2. The van der Waals surface area contributed by atoms with Gasteiger partial charge in [0.2, 0.25) is 5.91 Å². The van der Waals surface area contributed by atoms with Gasteiger partial charge in [0.25, 0.3) is 5.91 Å². The van der Waals surface area contributed by atoms with Crippen LogP contribution in [0, 0.1) is 0 Å². The average Bonchev–Trinajstić information content (AvgIpc) is 3.38. The summed E-state index contributed by atoms with van der Waals surface area (Å²) in [5.74, 6) is -0.486. The van der Waals surface area contributed by atoms with Crippen molar-refractivity contribution in [3.63, 3.8) is 0 Å². The largest absolute Gasteiger partial charge is 0.376 e. The maximum absolute atomic E-state index is 13.0. The summed E-state index contributed by atoms with van der Waals surface area (Å²) in [5, 5.41) is 0.995. The summed E-state index contributed by atoms with van der Waals surface area (Å²) >= 11 is 6.76. The van der Waals surface area contributed by atoms with Gasteiger partial charge in [0.1, 0.15) is 10.9 Å². The third-order valence-electron chi connectivity index (χ3n) is 5.29. The molecule has 152 valence electrons. The number of nitrogens with two attached hydrogens (primary N) is 1. The molecule has 0 bridgehead atoms. The van der Waals surface area contributed by atoms with Crippen LogP contribution < -0.4 is 5.73 Å². The molecule has 2 amide bonds. The molecule has 1 aromatic carbocycles. The molecule has 2 N–H and O–H groups in total. The molecule has 2 aromatic rings. The zero-order chi connectivity index (χ0) is 20.5. The van der Waals surface area contributed by atoms with E-state index in [1.807, 2.05) is 35.0 Å². The van der Waals surface area contributed by atoms with Crippen molar-refractivity contribution >= 4 is 57.1 Å². The molecular formula is C21H23N3O3S2. The summed E-state index contributed by atoms with van der Waals surface area (Å²) in [6, 6.07) is 6.05. The Bertz CT molecular complexity index is 1020. The minimum Gasteiger partial charge on any atom is -0.376 e. The third kappa shape index (κ3) is 3.97. The first-order valence-electron chi connectivity index (χ1n) is 9.74. The van der Waals surface area contributed by atoms with Crippen molar-refractivity contribution in [2.24, 2.45) is 5.73 Å². The van der Waals surface area contributed by atoms with Crippen LogP contribution in [0.1, 0.15) is 30.9 Å². The molecular weight excluding hydrogens is 406 g/mol. The van der Waals surface area contributed by atoms with Gasteiger partial charge in [0, 0.05) is 23.8 Å². The van der Waals surface area contributed by atoms with E-state index in [1.165, 1.54) is 11.8 Å². The van der Waals surface area contributed by atoms with Crippen LogP contribution >= 0.6 is 24.0 Å². The summed E-state index contributed by atoms with van der Waals surface area (Å²) in [5.41, 5.74) is 8.45. The fourth-order valence-electron chi connectivity index (χ4n) is 3.95. The summed E-state index contributed by atoms with van der Waals surface area (Å²) in [6.07, 6.45) is 6.63. The van der Waals surface area contributed by atoms with E-state index >= 15 is 0 Å². The Kier molecular flexibility index (Phi) is 5.76. The number of amides is 2. The minimum atomic E-state index is -0.401. The Hall–Kier alpha value is -2.16. The maximum atomic E-state index is 13.0. The van der Waals surface area contributed by atoms with E-state index in [0.717, 1.165) is 47.9 Å². The SMILES string of the molecule is CCc1cccc2c(/C=C3\SC(=S)N(C[C@@H]4CCCO4)C3=O)cn(CC(N)=O)c12. The average molecular weight is 430 g/mol. The van der Waals surface area contributed by atoms with Crippen molar-refractivity contribution in [2.45, 2.75) is 38.8 Å². The molecule has 6 nitrogen and oxygen atoms in total. The molecule has 0 spiro atoms. The lowest BCUT2D eigenvalue weighted by Crippen LogP contribution is -2.35. The number of benzene rings is 1. The second-order valence-corrected chi connectivity index (χ2v) is 8.95. The number of carbonyl (C=O) groups is 2. The van der Waals surface area contributed by atoms with Gasteiger partial charge in [-0.1, -0.05) is 49.1 Å². The number of aryl methyl sites for hydroxylation is 1. The van der Waals surface area contributed by atoms with E-state index in [-0.39, 0.29) is 18.6 Å². The standard InChI is InChI=1S/C21H23N3O3S2/c1-2-13-5-3-7-16-14(10-23(19(13)16)12-18(22)25)9-17-20(26)24(21(28)29-17)11-15-6-4-8-27-15/h3,5,7,9-10,15H,2,4,6,8,11-12H2,1H3,(H2,22,25)/b17-9-/t15-/m0/s1. The van der Waals surface area contributed by atoms with Gasteiger partial charge in [-0.2, -0.15) is 0 Å². The molecule has 0 saturated carbocycles. The van der Waals surface area contributed by atoms with Gasteiger partial charge in [-0.05, 0) is 30.9 Å². The van der Waals surface area contributed by atoms with E-state index in [2.05, 4.69) is 6.92 Å². The molecule has 2 aliphatic heterocycles. The van der Waals surface area contributed by atoms with E-state index < -0.39 is 5.91 Å². The monoisotopic (exact) mass is 429 g/mol. The number of aromatic nitrogens is 1. The Morgan fingerprint density at radius 1 is 1.45 bits per heavy atom. The highest BCUT2D eigenvalue weighted by Gasteiger charge is 2.34. The summed E-state index contributed by atoms with van der Waals surface area (Å²) in [7, 11) is 0. The highest BCUT2D eigenvalue weighted by Crippen LogP contribution is 2.35. The topological polar surface area (TPSA) is 77.6 Å². The van der Waals surface area contributed by atoms with Crippen molar-refractivity contribution in [3.05, 3.63) is 40.4 Å². The van der Waals surface area contributed by atoms with Gasteiger partial charge < -0.3 is 15.0 Å². The third-order valence-corrected chi connectivity index (χ3v) is 6.67. The first-order valence-corrected chi connectivity index (χ1v) is 11.0. The molecule has 8 heteroatoms. The number of ether oxygens (including phenoxy) is 1. The van der Waals surface area contributed by atoms with Gasteiger partial charge in [0.15, 0.2) is 0 Å². The summed E-state index contributed by atoms with van der Waals surface area (Å²) < 4.78 is 8.09. The number of fused-ring (bicyclic) bond motifs is 1. The van der Waals surface area contributed by atoms with Crippen LogP contribution in [-0.4, -0.2) is 44.9 Å². The number of primary amides is 1. The van der Waals surface area contributed by atoms with E-state index in [1.54, 1.807) is 4.90 Å². The van der Waals surface area contributed by atoms with Crippen molar-refractivity contribution in [1.29, 1.82) is 0 Å². The minimum absolute atomic E-state index is 0.0569. The molecule has 1 atom stereocenters.